The molecule has 0 aliphatic heterocycles. The second-order valence-electron chi connectivity index (χ2n) is 6.03. The third kappa shape index (κ3) is 3.82. The lowest BCUT2D eigenvalue weighted by molar-refractivity contribution is 0.0956. The van der Waals surface area contributed by atoms with Crippen LogP contribution in [0.25, 0.3) is 22.2 Å². The molecule has 4 aromatic rings. The van der Waals surface area contributed by atoms with E-state index < -0.39 is 0 Å². The van der Waals surface area contributed by atoms with Gasteiger partial charge in [-0.05, 0) is 30.3 Å². The molecule has 1 amide bonds. The van der Waals surface area contributed by atoms with Crippen LogP contribution in [0.4, 0.5) is 0 Å². The Labute approximate surface area is 170 Å². The van der Waals surface area contributed by atoms with E-state index in [2.05, 4.69) is 36.4 Å². The molecule has 0 radical (unpaired) electrons. The molecule has 28 heavy (non-hydrogen) atoms. The fourth-order valence-electron chi connectivity index (χ4n) is 2.83. The van der Waals surface area contributed by atoms with Crippen LogP contribution in [0.3, 0.4) is 0 Å². The quantitative estimate of drug-likeness (QED) is 0.372. The summed E-state index contributed by atoms with van der Waals surface area (Å²) in [7, 11) is 0. The predicted octanol–water partition coefficient (Wildman–Crippen LogP) is 4.82. The van der Waals surface area contributed by atoms with E-state index in [4.69, 9.17) is 0 Å². The average molecular weight is 431 g/mol. The van der Waals surface area contributed by atoms with Crippen LogP contribution in [0, 0.1) is 0 Å². The lowest BCUT2D eigenvalue weighted by atomic mass is 10.0. The smallest absolute Gasteiger partial charge is 0.267 e. The van der Waals surface area contributed by atoms with Crippen molar-refractivity contribution < 1.29 is 4.79 Å². The van der Waals surface area contributed by atoms with Crippen LogP contribution in [0.2, 0.25) is 0 Å². The Morgan fingerprint density at radius 1 is 1.04 bits per heavy atom. The fourth-order valence-corrected chi connectivity index (χ4v) is 3.21. The highest BCUT2D eigenvalue weighted by Crippen LogP contribution is 2.24. The van der Waals surface area contributed by atoms with Gasteiger partial charge in [0.2, 0.25) is 0 Å². The van der Waals surface area contributed by atoms with Crippen LogP contribution in [0.5, 0.6) is 0 Å². The second-order valence-corrected chi connectivity index (χ2v) is 6.89. The molecule has 2 aromatic carbocycles. The summed E-state index contributed by atoms with van der Waals surface area (Å²) in [6, 6.07) is 20.7. The number of benzene rings is 2. The zero-order chi connectivity index (χ0) is 19.3. The highest BCUT2D eigenvalue weighted by molar-refractivity contribution is 9.10. The number of hydrogen-bond acceptors (Lipinski definition) is 4. The average Bonchev–Trinajstić information content (AvgIpc) is 2.75. The van der Waals surface area contributed by atoms with Gasteiger partial charge < -0.3 is 0 Å². The van der Waals surface area contributed by atoms with Gasteiger partial charge >= 0.3 is 0 Å². The number of carbonyl (C=O) groups excluding carboxylic acids is 1. The van der Waals surface area contributed by atoms with Gasteiger partial charge in [0, 0.05) is 33.4 Å². The minimum atomic E-state index is -0.299. The summed E-state index contributed by atoms with van der Waals surface area (Å²) in [5.74, 6) is -0.299. The van der Waals surface area contributed by atoms with Crippen LogP contribution in [0.15, 0.2) is 88.7 Å². The van der Waals surface area contributed by atoms with E-state index in [9.17, 15) is 4.79 Å². The molecule has 4 rings (SSSR count). The highest BCUT2D eigenvalue weighted by Gasteiger charge is 2.13. The van der Waals surface area contributed by atoms with Gasteiger partial charge in [-0.1, -0.05) is 52.3 Å². The molecule has 6 heteroatoms. The third-order valence-electron chi connectivity index (χ3n) is 4.19. The van der Waals surface area contributed by atoms with Crippen molar-refractivity contribution in [1.29, 1.82) is 0 Å². The number of hydrazone groups is 1. The van der Waals surface area contributed by atoms with E-state index in [0.717, 1.165) is 26.5 Å². The van der Waals surface area contributed by atoms with Crippen molar-refractivity contribution in [2.24, 2.45) is 5.10 Å². The topological polar surface area (TPSA) is 67.2 Å². The molecular weight excluding hydrogens is 416 g/mol. The minimum Gasteiger partial charge on any atom is -0.267 e. The van der Waals surface area contributed by atoms with Gasteiger partial charge in [-0.3, -0.25) is 9.78 Å². The van der Waals surface area contributed by atoms with Crippen molar-refractivity contribution in [3.05, 3.63) is 94.7 Å². The standard InChI is InChI=1S/C22H15BrN4O/c23-19-9-3-1-6-15(19)14-25-27-22(28)18-12-21(16-7-5-11-24-13-16)26-20-10-4-2-8-17(18)20/h1-14H,(H,27,28). The number of rotatable bonds is 4. The van der Waals surface area contributed by atoms with Gasteiger partial charge in [0.1, 0.15) is 0 Å². The highest BCUT2D eigenvalue weighted by atomic mass is 79.9. The summed E-state index contributed by atoms with van der Waals surface area (Å²) in [6.07, 6.45) is 5.03. The van der Waals surface area contributed by atoms with Crippen LogP contribution in [-0.4, -0.2) is 22.1 Å². The van der Waals surface area contributed by atoms with Crippen LogP contribution in [-0.2, 0) is 0 Å². The Morgan fingerprint density at radius 2 is 1.86 bits per heavy atom. The molecule has 1 N–H and O–H groups in total. The summed E-state index contributed by atoms with van der Waals surface area (Å²) in [6.45, 7) is 0. The number of amides is 1. The van der Waals surface area contributed by atoms with Crippen LogP contribution in [0.1, 0.15) is 15.9 Å². The van der Waals surface area contributed by atoms with Crippen LogP contribution < -0.4 is 5.43 Å². The number of nitrogens with zero attached hydrogens (tertiary/aromatic N) is 3. The van der Waals surface area contributed by atoms with Crippen molar-refractivity contribution in [2.45, 2.75) is 0 Å². The summed E-state index contributed by atoms with van der Waals surface area (Å²) in [5, 5.41) is 4.87. The molecule has 0 fully saturated rings. The first-order valence-electron chi connectivity index (χ1n) is 8.60. The molecule has 0 spiro atoms. The van der Waals surface area contributed by atoms with Gasteiger partial charge in [0.25, 0.3) is 5.91 Å². The molecule has 2 aromatic heterocycles. The Balaban J connectivity index is 1.69. The summed E-state index contributed by atoms with van der Waals surface area (Å²) >= 11 is 3.46. The second kappa shape index (κ2) is 8.10. The Kier molecular flexibility index (Phi) is 5.21. The number of halogens is 1. The number of para-hydroxylation sites is 1. The molecule has 0 saturated carbocycles. The van der Waals surface area contributed by atoms with Crippen molar-refractivity contribution >= 4 is 39.0 Å². The summed E-state index contributed by atoms with van der Waals surface area (Å²) < 4.78 is 0.904. The summed E-state index contributed by atoms with van der Waals surface area (Å²) in [4.78, 5) is 21.6. The first-order valence-corrected chi connectivity index (χ1v) is 9.40. The Bertz CT molecular complexity index is 1180. The molecule has 0 aliphatic rings. The van der Waals surface area contributed by atoms with Gasteiger partial charge in [0.15, 0.2) is 0 Å². The first-order chi connectivity index (χ1) is 13.7. The largest absolute Gasteiger partial charge is 0.272 e. The predicted molar refractivity (Wildman–Crippen MR) is 114 cm³/mol. The van der Waals surface area contributed by atoms with E-state index in [1.807, 2.05) is 60.7 Å². The Hall–Kier alpha value is -3.38. The molecule has 136 valence electrons. The van der Waals surface area contributed by atoms with Crippen LogP contribution >= 0.6 is 15.9 Å². The van der Waals surface area contributed by atoms with E-state index in [1.54, 1.807) is 24.7 Å². The van der Waals surface area contributed by atoms with Gasteiger partial charge in [-0.15, -0.1) is 0 Å². The maximum Gasteiger partial charge on any atom is 0.272 e. The molecule has 0 unspecified atom stereocenters. The van der Waals surface area contributed by atoms with Crippen molar-refractivity contribution in [1.82, 2.24) is 15.4 Å². The lowest BCUT2D eigenvalue weighted by Gasteiger charge is -2.08. The third-order valence-corrected chi connectivity index (χ3v) is 4.92. The molecule has 0 atom stereocenters. The minimum absolute atomic E-state index is 0.299. The molecule has 0 aliphatic carbocycles. The first kappa shape index (κ1) is 18.0. The number of pyridine rings is 2. The van der Waals surface area contributed by atoms with Gasteiger partial charge in [0.05, 0.1) is 23.0 Å². The molecule has 0 bridgehead atoms. The van der Waals surface area contributed by atoms with E-state index in [1.165, 1.54) is 0 Å². The van der Waals surface area contributed by atoms with Gasteiger partial charge in [-0.2, -0.15) is 5.10 Å². The monoisotopic (exact) mass is 430 g/mol. The SMILES string of the molecule is O=C(NN=Cc1ccccc1Br)c1cc(-c2cccnc2)nc2ccccc12. The number of carbonyl (C=O) groups is 1. The zero-order valence-electron chi connectivity index (χ0n) is 14.7. The number of aromatic nitrogens is 2. The normalized spacial score (nSPS) is 11.0. The fraction of sp³-hybridized carbons (Fsp3) is 0. The van der Waals surface area contributed by atoms with Crippen molar-refractivity contribution in [3.8, 4) is 11.3 Å². The molecule has 0 saturated heterocycles. The number of nitrogens with one attached hydrogen (secondary N) is 1. The van der Waals surface area contributed by atoms with Crippen molar-refractivity contribution in [2.75, 3.05) is 0 Å². The molecular formula is C22H15BrN4O. The lowest BCUT2D eigenvalue weighted by Crippen LogP contribution is -2.18. The number of hydrogen-bond donors (Lipinski definition) is 1. The van der Waals surface area contributed by atoms with E-state index in [-0.39, 0.29) is 5.91 Å². The number of fused-ring (bicyclic) bond motifs is 1. The van der Waals surface area contributed by atoms with Crippen molar-refractivity contribution in [3.63, 3.8) is 0 Å². The Morgan fingerprint density at radius 3 is 2.68 bits per heavy atom. The maximum absolute atomic E-state index is 12.8. The summed E-state index contributed by atoms with van der Waals surface area (Å²) in [5.41, 5.74) is 6.27. The zero-order valence-corrected chi connectivity index (χ0v) is 16.3. The molecule has 2 heterocycles. The van der Waals surface area contributed by atoms with E-state index >= 15 is 0 Å². The van der Waals surface area contributed by atoms with Gasteiger partial charge in [-0.25, -0.2) is 10.4 Å². The molecule has 5 nitrogen and oxygen atoms in total. The van der Waals surface area contributed by atoms with E-state index in [0.29, 0.717) is 11.3 Å². The maximum atomic E-state index is 12.8.